The van der Waals surface area contributed by atoms with Crippen LogP contribution in [-0.2, 0) is 5.41 Å². The summed E-state index contributed by atoms with van der Waals surface area (Å²) >= 11 is 0. The lowest BCUT2D eigenvalue weighted by Crippen LogP contribution is -2.13. The highest BCUT2D eigenvalue weighted by molar-refractivity contribution is 5.70. The molecule has 80 valence electrons. The van der Waals surface area contributed by atoms with Crippen LogP contribution < -0.4 is 0 Å². The van der Waals surface area contributed by atoms with Gasteiger partial charge in [-0.2, -0.15) is 0 Å². The van der Waals surface area contributed by atoms with E-state index in [9.17, 15) is 0 Å². The van der Waals surface area contributed by atoms with Crippen LogP contribution in [0.3, 0.4) is 0 Å². The zero-order chi connectivity index (χ0) is 10.9. The predicted octanol–water partition coefficient (Wildman–Crippen LogP) is 4.55. The molecule has 0 bridgehead atoms. The van der Waals surface area contributed by atoms with Gasteiger partial charge in [-0.3, -0.25) is 0 Å². The Morgan fingerprint density at radius 2 is 1.80 bits per heavy atom. The molecule has 1 aromatic carbocycles. The monoisotopic (exact) mass is 200 g/mol. The minimum Gasteiger partial charge on any atom is -0.0807 e. The first-order chi connectivity index (χ1) is 7.09. The van der Waals surface area contributed by atoms with Crippen molar-refractivity contribution in [1.82, 2.24) is 0 Å². The summed E-state index contributed by atoms with van der Waals surface area (Å²) < 4.78 is 0. The molecule has 0 radical (unpaired) electrons. The van der Waals surface area contributed by atoms with E-state index in [4.69, 9.17) is 0 Å². The molecule has 0 saturated heterocycles. The van der Waals surface area contributed by atoms with Crippen molar-refractivity contribution in [2.24, 2.45) is 0 Å². The van der Waals surface area contributed by atoms with Gasteiger partial charge in [0.2, 0.25) is 0 Å². The average molecular weight is 200 g/mol. The van der Waals surface area contributed by atoms with Crippen LogP contribution in [0.2, 0.25) is 0 Å². The Labute approximate surface area is 93.0 Å². The second-order valence-corrected chi connectivity index (χ2v) is 5.42. The van der Waals surface area contributed by atoms with Crippen molar-refractivity contribution in [2.75, 3.05) is 0 Å². The van der Waals surface area contributed by atoms with Gasteiger partial charge in [0.1, 0.15) is 0 Å². The second-order valence-electron chi connectivity index (χ2n) is 5.42. The number of rotatable bonds is 1. The van der Waals surface area contributed by atoms with Gasteiger partial charge in [0.25, 0.3) is 0 Å². The number of benzene rings is 1. The third kappa shape index (κ3) is 2.14. The highest BCUT2D eigenvalue weighted by atomic mass is 14.2. The zero-order valence-corrected chi connectivity index (χ0v) is 10.0. The first-order valence-electron chi connectivity index (χ1n) is 5.88. The molecule has 0 spiro atoms. The molecule has 0 aliphatic heterocycles. The summed E-state index contributed by atoms with van der Waals surface area (Å²) in [7, 11) is 0. The predicted molar refractivity (Wildman–Crippen MR) is 67.0 cm³/mol. The quantitative estimate of drug-likeness (QED) is 0.623. The largest absolute Gasteiger partial charge is 0.0807 e. The molecule has 2 rings (SSSR count). The molecule has 0 heteroatoms. The van der Waals surface area contributed by atoms with Crippen LogP contribution in [0.5, 0.6) is 0 Å². The van der Waals surface area contributed by atoms with Crippen molar-refractivity contribution >= 4 is 5.57 Å². The Morgan fingerprint density at radius 1 is 1.07 bits per heavy atom. The van der Waals surface area contributed by atoms with Crippen LogP contribution in [0.25, 0.3) is 5.57 Å². The summed E-state index contributed by atoms with van der Waals surface area (Å²) in [5.74, 6) is 0. The maximum Gasteiger partial charge on any atom is -0.0126 e. The molecule has 15 heavy (non-hydrogen) atoms. The summed E-state index contributed by atoms with van der Waals surface area (Å²) in [6, 6.07) is 8.86. The van der Waals surface area contributed by atoms with Crippen molar-refractivity contribution in [1.29, 1.82) is 0 Å². The van der Waals surface area contributed by atoms with Gasteiger partial charge in [0, 0.05) is 0 Å². The van der Waals surface area contributed by atoms with Crippen LogP contribution in [0.4, 0.5) is 0 Å². The molecule has 0 saturated carbocycles. The first-order valence-corrected chi connectivity index (χ1v) is 5.88. The summed E-state index contributed by atoms with van der Waals surface area (Å²) in [6.07, 6.45) is 6.25. The fourth-order valence-electron chi connectivity index (χ4n) is 2.33. The summed E-state index contributed by atoms with van der Waals surface area (Å²) in [5.41, 5.74) is 4.77. The number of allylic oxidation sites excluding steroid dienone is 2. The molecule has 1 aromatic rings. The minimum atomic E-state index is 0.250. The van der Waals surface area contributed by atoms with Crippen molar-refractivity contribution < 1.29 is 0 Å². The lowest BCUT2D eigenvalue weighted by molar-refractivity contribution is 0.588. The average Bonchev–Trinajstić information content (AvgIpc) is 2.69. The lowest BCUT2D eigenvalue weighted by Gasteiger charge is -2.23. The fourth-order valence-corrected chi connectivity index (χ4v) is 2.33. The molecule has 1 aliphatic carbocycles. The van der Waals surface area contributed by atoms with Gasteiger partial charge in [0.15, 0.2) is 0 Å². The highest BCUT2D eigenvalue weighted by Gasteiger charge is 2.19. The Bertz CT molecular complexity index is 377. The zero-order valence-electron chi connectivity index (χ0n) is 10.0. The molecule has 0 amide bonds. The van der Waals surface area contributed by atoms with E-state index in [-0.39, 0.29) is 5.41 Å². The smallest absolute Gasteiger partial charge is 0.0126 e. The SMILES string of the molecule is CC(C)(C)c1ccccc1C1=CCCC1. The van der Waals surface area contributed by atoms with Crippen LogP contribution in [-0.4, -0.2) is 0 Å². The Balaban J connectivity index is 2.47. The number of hydrogen-bond donors (Lipinski definition) is 0. The molecule has 1 aliphatic rings. The lowest BCUT2D eigenvalue weighted by atomic mass is 9.81. The van der Waals surface area contributed by atoms with Gasteiger partial charge in [-0.25, -0.2) is 0 Å². The maximum absolute atomic E-state index is 2.41. The van der Waals surface area contributed by atoms with Crippen LogP contribution in [0.15, 0.2) is 30.3 Å². The van der Waals surface area contributed by atoms with E-state index >= 15 is 0 Å². The molecule has 0 unspecified atom stereocenters. The third-order valence-corrected chi connectivity index (χ3v) is 3.12. The molecular weight excluding hydrogens is 180 g/mol. The molecule has 0 atom stereocenters. The van der Waals surface area contributed by atoms with Gasteiger partial charge in [-0.15, -0.1) is 0 Å². The Morgan fingerprint density at radius 3 is 2.40 bits per heavy atom. The molecule has 0 fully saturated rings. The molecule has 0 heterocycles. The van der Waals surface area contributed by atoms with Crippen LogP contribution >= 0.6 is 0 Å². The Kier molecular flexibility index (Phi) is 2.68. The van der Waals surface area contributed by atoms with Crippen molar-refractivity contribution in [3.63, 3.8) is 0 Å². The summed E-state index contributed by atoms with van der Waals surface area (Å²) in [5, 5.41) is 0. The van der Waals surface area contributed by atoms with E-state index in [0.29, 0.717) is 0 Å². The topological polar surface area (TPSA) is 0 Å². The molecule has 0 N–H and O–H groups in total. The van der Waals surface area contributed by atoms with Gasteiger partial charge >= 0.3 is 0 Å². The normalized spacial score (nSPS) is 16.6. The summed E-state index contributed by atoms with van der Waals surface area (Å²) in [4.78, 5) is 0. The third-order valence-electron chi connectivity index (χ3n) is 3.12. The summed E-state index contributed by atoms with van der Waals surface area (Å²) in [6.45, 7) is 6.88. The maximum atomic E-state index is 2.41. The van der Waals surface area contributed by atoms with E-state index in [1.165, 1.54) is 30.4 Å². The molecule has 0 nitrogen and oxygen atoms in total. The molecular formula is C15H20. The van der Waals surface area contributed by atoms with E-state index < -0.39 is 0 Å². The van der Waals surface area contributed by atoms with Gasteiger partial charge in [0.05, 0.1) is 0 Å². The second kappa shape index (κ2) is 3.84. The van der Waals surface area contributed by atoms with E-state index in [1.54, 1.807) is 5.57 Å². The van der Waals surface area contributed by atoms with Gasteiger partial charge < -0.3 is 0 Å². The number of hydrogen-bond acceptors (Lipinski definition) is 0. The fraction of sp³-hybridized carbons (Fsp3) is 0.467. The minimum absolute atomic E-state index is 0.250. The Hall–Kier alpha value is -1.04. The highest BCUT2D eigenvalue weighted by Crippen LogP contribution is 2.35. The van der Waals surface area contributed by atoms with Gasteiger partial charge in [-0.05, 0) is 41.4 Å². The standard InChI is InChI=1S/C15H20/c1-15(2,3)14-11-7-6-10-13(14)12-8-4-5-9-12/h6-8,10-11H,4-5,9H2,1-3H3. The van der Waals surface area contributed by atoms with Crippen molar-refractivity contribution in [3.05, 3.63) is 41.5 Å². The van der Waals surface area contributed by atoms with Gasteiger partial charge in [-0.1, -0.05) is 51.1 Å². The van der Waals surface area contributed by atoms with E-state index in [2.05, 4.69) is 51.1 Å². The van der Waals surface area contributed by atoms with Crippen molar-refractivity contribution in [2.45, 2.75) is 45.4 Å². The molecule has 0 aromatic heterocycles. The van der Waals surface area contributed by atoms with Crippen molar-refractivity contribution in [3.8, 4) is 0 Å². The van der Waals surface area contributed by atoms with Crippen LogP contribution in [0, 0.1) is 0 Å². The van der Waals surface area contributed by atoms with E-state index in [0.717, 1.165) is 0 Å². The first kappa shape index (κ1) is 10.5. The van der Waals surface area contributed by atoms with E-state index in [1.807, 2.05) is 0 Å². The van der Waals surface area contributed by atoms with Crippen LogP contribution in [0.1, 0.15) is 51.2 Å².